The standard InChI is InChI=1S/C10H17ClN6/c1-17(7-2-3-7)5-4-13-9-8(11)6-14-10(15-9)16-12/h6-7H,2-5,12H2,1H3,(H2,13,14,15,16). The molecule has 1 aliphatic carbocycles. The summed E-state index contributed by atoms with van der Waals surface area (Å²) in [5.74, 6) is 6.20. The summed E-state index contributed by atoms with van der Waals surface area (Å²) in [4.78, 5) is 10.4. The molecule has 0 atom stereocenters. The Kier molecular flexibility index (Phi) is 3.98. The second-order valence-electron chi connectivity index (χ2n) is 4.17. The molecule has 1 fully saturated rings. The van der Waals surface area contributed by atoms with Gasteiger partial charge in [-0.05, 0) is 19.9 Å². The summed E-state index contributed by atoms with van der Waals surface area (Å²) in [6, 6.07) is 0.763. The van der Waals surface area contributed by atoms with E-state index in [1.807, 2.05) is 0 Å². The van der Waals surface area contributed by atoms with E-state index >= 15 is 0 Å². The van der Waals surface area contributed by atoms with E-state index in [4.69, 9.17) is 17.4 Å². The second-order valence-corrected chi connectivity index (χ2v) is 4.58. The average Bonchev–Trinajstić information content (AvgIpc) is 3.15. The van der Waals surface area contributed by atoms with Crippen LogP contribution in [0.25, 0.3) is 0 Å². The van der Waals surface area contributed by atoms with Gasteiger partial charge in [-0.1, -0.05) is 11.6 Å². The Balaban J connectivity index is 1.84. The first kappa shape index (κ1) is 12.3. The predicted molar refractivity (Wildman–Crippen MR) is 69.0 cm³/mol. The van der Waals surface area contributed by atoms with Crippen LogP contribution in [0, 0.1) is 0 Å². The highest BCUT2D eigenvalue weighted by Crippen LogP contribution is 2.25. The van der Waals surface area contributed by atoms with Crippen LogP contribution in [0.15, 0.2) is 6.20 Å². The van der Waals surface area contributed by atoms with Crippen molar-refractivity contribution in [1.29, 1.82) is 0 Å². The van der Waals surface area contributed by atoms with Crippen molar-refractivity contribution >= 4 is 23.4 Å². The van der Waals surface area contributed by atoms with Crippen molar-refractivity contribution in [2.75, 3.05) is 30.9 Å². The van der Waals surface area contributed by atoms with Crippen molar-refractivity contribution in [3.8, 4) is 0 Å². The Morgan fingerprint density at radius 3 is 3.00 bits per heavy atom. The summed E-state index contributed by atoms with van der Waals surface area (Å²) >= 11 is 5.97. The molecule has 0 amide bonds. The van der Waals surface area contributed by atoms with E-state index in [0.717, 1.165) is 19.1 Å². The SMILES string of the molecule is CN(CCNc1nc(NN)ncc1Cl)C1CC1. The summed E-state index contributed by atoms with van der Waals surface area (Å²) in [7, 11) is 2.13. The number of hydrazine groups is 1. The van der Waals surface area contributed by atoms with Gasteiger partial charge in [0.1, 0.15) is 5.02 Å². The first-order chi connectivity index (χ1) is 8.20. The van der Waals surface area contributed by atoms with E-state index in [0.29, 0.717) is 16.8 Å². The number of likely N-dealkylation sites (N-methyl/N-ethyl adjacent to an activating group) is 1. The third kappa shape index (κ3) is 3.42. The summed E-state index contributed by atoms with van der Waals surface area (Å²) in [5.41, 5.74) is 2.39. The van der Waals surface area contributed by atoms with Gasteiger partial charge in [-0.2, -0.15) is 4.98 Å². The normalized spacial score (nSPS) is 15.1. The summed E-state index contributed by atoms with van der Waals surface area (Å²) < 4.78 is 0. The first-order valence-electron chi connectivity index (χ1n) is 5.64. The van der Waals surface area contributed by atoms with Crippen molar-refractivity contribution in [1.82, 2.24) is 14.9 Å². The molecule has 1 aliphatic rings. The number of nitrogens with one attached hydrogen (secondary N) is 2. The van der Waals surface area contributed by atoms with Crippen LogP contribution in [0.3, 0.4) is 0 Å². The van der Waals surface area contributed by atoms with Gasteiger partial charge in [-0.15, -0.1) is 0 Å². The van der Waals surface area contributed by atoms with E-state index in [1.54, 1.807) is 0 Å². The Bertz CT molecular complexity index is 381. The summed E-state index contributed by atoms with van der Waals surface area (Å²) in [5, 5.41) is 3.68. The van der Waals surface area contributed by atoms with Crippen molar-refractivity contribution < 1.29 is 0 Å². The number of halogens is 1. The molecular weight excluding hydrogens is 240 g/mol. The molecule has 1 heterocycles. The first-order valence-corrected chi connectivity index (χ1v) is 6.02. The van der Waals surface area contributed by atoms with E-state index in [-0.39, 0.29) is 0 Å². The Labute approximate surface area is 106 Å². The van der Waals surface area contributed by atoms with Crippen LogP contribution in [-0.4, -0.2) is 41.0 Å². The molecule has 1 aromatic rings. The fourth-order valence-electron chi connectivity index (χ4n) is 1.61. The van der Waals surface area contributed by atoms with Crippen molar-refractivity contribution in [2.45, 2.75) is 18.9 Å². The molecule has 0 spiro atoms. The third-order valence-corrected chi connectivity index (χ3v) is 3.08. The minimum absolute atomic E-state index is 0.354. The number of nitrogen functional groups attached to an aromatic ring is 1. The fourth-order valence-corrected chi connectivity index (χ4v) is 1.77. The number of hydrogen-bond donors (Lipinski definition) is 3. The highest BCUT2D eigenvalue weighted by Gasteiger charge is 2.25. The second kappa shape index (κ2) is 5.48. The topological polar surface area (TPSA) is 79.1 Å². The number of rotatable bonds is 6. The lowest BCUT2D eigenvalue weighted by molar-refractivity contribution is 0.337. The zero-order chi connectivity index (χ0) is 12.3. The average molecular weight is 257 g/mol. The van der Waals surface area contributed by atoms with Crippen LogP contribution < -0.4 is 16.6 Å². The minimum Gasteiger partial charge on any atom is -0.367 e. The molecule has 2 rings (SSSR count). The number of aromatic nitrogens is 2. The van der Waals surface area contributed by atoms with Crippen LogP contribution in [0.4, 0.5) is 11.8 Å². The van der Waals surface area contributed by atoms with Crippen LogP contribution in [0.5, 0.6) is 0 Å². The molecule has 0 aliphatic heterocycles. The van der Waals surface area contributed by atoms with Crippen LogP contribution in [0.2, 0.25) is 5.02 Å². The van der Waals surface area contributed by atoms with Gasteiger partial charge in [0.15, 0.2) is 5.82 Å². The molecule has 94 valence electrons. The zero-order valence-electron chi connectivity index (χ0n) is 9.78. The minimum atomic E-state index is 0.354. The Morgan fingerprint density at radius 1 is 1.59 bits per heavy atom. The van der Waals surface area contributed by atoms with E-state index in [2.05, 4.69) is 32.7 Å². The lowest BCUT2D eigenvalue weighted by atomic mass is 10.5. The monoisotopic (exact) mass is 256 g/mol. The molecule has 0 aromatic carbocycles. The van der Waals surface area contributed by atoms with Gasteiger partial charge in [0.05, 0.1) is 6.20 Å². The molecule has 0 unspecified atom stereocenters. The van der Waals surface area contributed by atoms with Gasteiger partial charge in [-0.3, -0.25) is 5.43 Å². The van der Waals surface area contributed by atoms with Crippen LogP contribution >= 0.6 is 11.6 Å². The molecule has 1 aromatic heterocycles. The Morgan fingerprint density at radius 2 is 2.35 bits per heavy atom. The number of hydrogen-bond acceptors (Lipinski definition) is 6. The molecule has 6 nitrogen and oxygen atoms in total. The number of nitrogens with zero attached hydrogens (tertiary/aromatic N) is 3. The highest BCUT2D eigenvalue weighted by atomic mass is 35.5. The lowest BCUT2D eigenvalue weighted by Gasteiger charge is -2.16. The molecule has 0 saturated heterocycles. The number of nitrogens with two attached hydrogens (primary N) is 1. The maximum Gasteiger partial charge on any atom is 0.239 e. The van der Waals surface area contributed by atoms with Gasteiger partial charge >= 0.3 is 0 Å². The smallest absolute Gasteiger partial charge is 0.239 e. The Hall–Kier alpha value is -1.11. The maximum atomic E-state index is 5.97. The molecule has 0 bridgehead atoms. The van der Waals surface area contributed by atoms with Crippen LogP contribution in [-0.2, 0) is 0 Å². The van der Waals surface area contributed by atoms with Gasteiger partial charge in [0, 0.05) is 19.1 Å². The third-order valence-electron chi connectivity index (χ3n) is 2.80. The van der Waals surface area contributed by atoms with Crippen molar-refractivity contribution in [2.24, 2.45) is 5.84 Å². The van der Waals surface area contributed by atoms with E-state index in [1.165, 1.54) is 19.0 Å². The molecule has 17 heavy (non-hydrogen) atoms. The molecule has 4 N–H and O–H groups in total. The largest absolute Gasteiger partial charge is 0.367 e. The van der Waals surface area contributed by atoms with Gasteiger partial charge < -0.3 is 10.2 Å². The fraction of sp³-hybridized carbons (Fsp3) is 0.600. The van der Waals surface area contributed by atoms with E-state index in [9.17, 15) is 0 Å². The van der Waals surface area contributed by atoms with Gasteiger partial charge in [0.2, 0.25) is 5.95 Å². The van der Waals surface area contributed by atoms with Crippen LogP contribution in [0.1, 0.15) is 12.8 Å². The van der Waals surface area contributed by atoms with Gasteiger partial charge in [0.25, 0.3) is 0 Å². The molecule has 7 heteroatoms. The lowest BCUT2D eigenvalue weighted by Crippen LogP contribution is -2.27. The molecule has 0 radical (unpaired) electrons. The quantitative estimate of drug-likeness (QED) is 0.519. The zero-order valence-corrected chi connectivity index (χ0v) is 10.5. The molecule has 1 saturated carbocycles. The maximum absolute atomic E-state index is 5.97. The number of anilines is 2. The summed E-state index contributed by atoms with van der Waals surface area (Å²) in [6.45, 7) is 1.77. The van der Waals surface area contributed by atoms with Crippen molar-refractivity contribution in [3.05, 3.63) is 11.2 Å². The predicted octanol–water partition coefficient (Wildman–Crippen LogP) is 0.922. The van der Waals surface area contributed by atoms with Gasteiger partial charge in [-0.25, -0.2) is 10.8 Å². The van der Waals surface area contributed by atoms with Crippen molar-refractivity contribution in [3.63, 3.8) is 0 Å². The van der Waals surface area contributed by atoms with E-state index < -0.39 is 0 Å². The highest BCUT2D eigenvalue weighted by molar-refractivity contribution is 6.32. The summed E-state index contributed by atoms with van der Waals surface area (Å²) in [6.07, 6.45) is 4.15. The molecular formula is C10H17ClN6.